The second-order valence-corrected chi connectivity index (χ2v) is 4.94. The maximum absolute atomic E-state index is 9.95. The predicted molar refractivity (Wildman–Crippen MR) is 76.3 cm³/mol. The average molecular weight is 262 g/mol. The Bertz CT molecular complexity index is 417. The zero-order valence-electron chi connectivity index (χ0n) is 11.6. The Kier molecular flexibility index (Phi) is 4.93. The number of nitrogens with zero attached hydrogens (tertiary/aromatic N) is 2. The summed E-state index contributed by atoms with van der Waals surface area (Å²) in [5, 5.41) is 16.7. The minimum atomic E-state index is -0.578. The molecule has 1 heterocycles. The van der Waals surface area contributed by atoms with Gasteiger partial charge in [-0.3, -0.25) is 5.01 Å². The monoisotopic (exact) mass is 262 g/mol. The summed E-state index contributed by atoms with van der Waals surface area (Å²) < 4.78 is 5.23. The van der Waals surface area contributed by atoms with Crippen molar-refractivity contribution in [3.05, 3.63) is 35.9 Å². The molecule has 19 heavy (non-hydrogen) atoms. The fourth-order valence-electron chi connectivity index (χ4n) is 2.44. The Morgan fingerprint density at radius 2 is 2.21 bits per heavy atom. The zero-order chi connectivity index (χ0) is 13.7. The topological polar surface area (TPSA) is 45.1 Å². The van der Waals surface area contributed by atoms with Crippen molar-refractivity contribution >= 4 is 5.71 Å². The van der Waals surface area contributed by atoms with Gasteiger partial charge in [0.15, 0.2) is 0 Å². The van der Waals surface area contributed by atoms with Crippen molar-refractivity contribution < 1.29 is 9.84 Å². The summed E-state index contributed by atoms with van der Waals surface area (Å²) in [7, 11) is 1.72. The van der Waals surface area contributed by atoms with Crippen LogP contribution in [-0.4, -0.2) is 48.2 Å². The third kappa shape index (κ3) is 3.55. The molecular formula is C15H22N2O2. The van der Waals surface area contributed by atoms with Crippen LogP contribution in [0.1, 0.15) is 25.3 Å². The van der Waals surface area contributed by atoms with Crippen molar-refractivity contribution in [1.29, 1.82) is 0 Å². The quantitative estimate of drug-likeness (QED) is 0.824. The van der Waals surface area contributed by atoms with Crippen LogP contribution in [0.2, 0.25) is 0 Å². The first-order valence-electron chi connectivity index (χ1n) is 6.80. The van der Waals surface area contributed by atoms with Gasteiger partial charge < -0.3 is 9.84 Å². The Labute approximate surface area is 114 Å². The summed E-state index contributed by atoms with van der Waals surface area (Å²) in [5.74, 6) is 0. The van der Waals surface area contributed by atoms with E-state index in [9.17, 15) is 5.11 Å². The lowest BCUT2D eigenvalue weighted by molar-refractivity contribution is 0.117. The van der Waals surface area contributed by atoms with E-state index in [1.165, 1.54) is 0 Å². The highest BCUT2D eigenvalue weighted by Crippen LogP contribution is 2.19. The van der Waals surface area contributed by atoms with Gasteiger partial charge in [0.1, 0.15) is 0 Å². The van der Waals surface area contributed by atoms with Gasteiger partial charge in [-0.05, 0) is 19.8 Å². The Morgan fingerprint density at radius 3 is 2.84 bits per heavy atom. The zero-order valence-corrected chi connectivity index (χ0v) is 11.6. The maximum atomic E-state index is 9.95. The second kappa shape index (κ2) is 6.68. The van der Waals surface area contributed by atoms with Crippen LogP contribution in [0, 0.1) is 0 Å². The van der Waals surface area contributed by atoms with Gasteiger partial charge in [0.25, 0.3) is 0 Å². The van der Waals surface area contributed by atoms with Crippen molar-refractivity contribution in [1.82, 2.24) is 5.01 Å². The molecule has 0 unspecified atom stereocenters. The van der Waals surface area contributed by atoms with Crippen molar-refractivity contribution in [2.75, 3.05) is 20.3 Å². The molecule has 4 heteroatoms. The molecule has 4 nitrogen and oxygen atoms in total. The standard InChI is InChI=1S/C15H22N2O2/c1-12(18)15(13-7-4-3-5-8-13)16-17-10-6-9-14(17)11-19-2/h3-5,7-8,12,14,18H,6,9-11H2,1-2H3/b16-15+/t12-,14+/m1/s1. The molecule has 1 aromatic carbocycles. The number of hydrogen-bond acceptors (Lipinski definition) is 4. The predicted octanol–water partition coefficient (Wildman–Crippen LogP) is 1.88. The number of hydrogen-bond donors (Lipinski definition) is 1. The normalized spacial score (nSPS) is 21.7. The van der Waals surface area contributed by atoms with E-state index in [0.29, 0.717) is 12.6 Å². The van der Waals surface area contributed by atoms with E-state index in [-0.39, 0.29) is 0 Å². The molecule has 0 bridgehead atoms. The Morgan fingerprint density at radius 1 is 1.47 bits per heavy atom. The lowest BCUT2D eigenvalue weighted by Gasteiger charge is -2.23. The van der Waals surface area contributed by atoms with Crippen LogP contribution in [0.5, 0.6) is 0 Å². The number of ether oxygens (including phenoxy) is 1. The molecule has 1 aliphatic heterocycles. The van der Waals surface area contributed by atoms with Gasteiger partial charge in [0, 0.05) is 19.2 Å². The molecule has 1 aromatic rings. The highest BCUT2D eigenvalue weighted by molar-refractivity contribution is 6.03. The lowest BCUT2D eigenvalue weighted by atomic mass is 10.1. The summed E-state index contributed by atoms with van der Waals surface area (Å²) in [6, 6.07) is 10.2. The summed E-state index contributed by atoms with van der Waals surface area (Å²) >= 11 is 0. The molecule has 1 N–H and O–H groups in total. The Hall–Kier alpha value is -1.39. The average Bonchev–Trinajstić information content (AvgIpc) is 2.84. The molecule has 2 rings (SSSR count). The fraction of sp³-hybridized carbons (Fsp3) is 0.533. The van der Waals surface area contributed by atoms with E-state index in [0.717, 1.165) is 30.7 Å². The largest absolute Gasteiger partial charge is 0.387 e. The van der Waals surface area contributed by atoms with Gasteiger partial charge in [-0.2, -0.15) is 5.10 Å². The number of aliphatic hydroxyl groups excluding tert-OH is 1. The van der Waals surface area contributed by atoms with Crippen LogP contribution >= 0.6 is 0 Å². The van der Waals surface area contributed by atoms with E-state index in [4.69, 9.17) is 4.74 Å². The molecule has 1 saturated heterocycles. The number of aliphatic hydroxyl groups is 1. The van der Waals surface area contributed by atoms with Crippen LogP contribution in [0.25, 0.3) is 0 Å². The smallest absolute Gasteiger partial charge is 0.0960 e. The first-order valence-corrected chi connectivity index (χ1v) is 6.80. The van der Waals surface area contributed by atoms with Crippen LogP contribution in [0.4, 0.5) is 0 Å². The molecule has 0 aliphatic carbocycles. The fourth-order valence-corrected chi connectivity index (χ4v) is 2.44. The SMILES string of the molecule is COC[C@@H]1CCCN1/N=C(/c1ccccc1)[C@@H](C)O. The molecule has 1 aliphatic rings. The number of benzene rings is 1. The third-order valence-electron chi connectivity index (χ3n) is 3.41. The van der Waals surface area contributed by atoms with Gasteiger partial charge in [-0.15, -0.1) is 0 Å². The number of hydrazone groups is 1. The highest BCUT2D eigenvalue weighted by Gasteiger charge is 2.24. The summed E-state index contributed by atoms with van der Waals surface area (Å²) in [5.41, 5.74) is 1.70. The molecule has 0 aromatic heterocycles. The van der Waals surface area contributed by atoms with Crippen LogP contribution in [0.15, 0.2) is 35.4 Å². The Balaban J connectivity index is 2.21. The van der Waals surface area contributed by atoms with E-state index >= 15 is 0 Å². The van der Waals surface area contributed by atoms with Gasteiger partial charge in [0.05, 0.1) is 24.5 Å². The van der Waals surface area contributed by atoms with Crippen molar-refractivity contribution in [3.63, 3.8) is 0 Å². The van der Waals surface area contributed by atoms with Crippen molar-refractivity contribution in [2.24, 2.45) is 5.10 Å². The lowest BCUT2D eigenvalue weighted by Crippen LogP contribution is -2.31. The molecule has 1 fully saturated rings. The van der Waals surface area contributed by atoms with Crippen LogP contribution < -0.4 is 0 Å². The van der Waals surface area contributed by atoms with E-state index in [1.54, 1.807) is 14.0 Å². The number of methoxy groups -OCH3 is 1. The summed E-state index contributed by atoms with van der Waals surface area (Å²) in [4.78, 5) is 0. The number of rotatable bonds is 5. The van der Waals surface area contributed by atoms with Gasteiger partial charge in [0.2, 0.25) is 0 Å². The van der Waals surface area contributed by atoms with E-state index in [2.05, 4.69) is 10.1 Å². The van der Waals surface area contributed by atoms with Gasteiger partial charge >= 0.3 is 0 Å². The minimum Gasteiger partial charge on any atom is -0.387 e. The maximum Gasteiger partial charge on any atom is 0.0960 e. The molecule has 2 atom stereocenters. The van der Waals surface area contributed by atoms with E-state index in [1.807, 2.05) is 30.3 Å². The minimum absolute atomic E-state index is 0.322. The molecular weight excluding hydrogens is 240 g/mol. The van der Waals surface area contributed by atoms with Crippen LogP contribution in [-0.2, 0) is 4.74 Å². The molecule has 0 spiro atoms. The first-order chi connectivity index (χ1) is 9.22. The summed E-state index contributed by atoms with van der Waals surface area (Å²) in [6.45, 7) is 3.37. The van der Waals surface area contributed by atoms with E-state index < -0.39 is 6.10 Å². The first kappa shape index (κ1) is 14.0. The third-order valence-corrected chi connectivity index (χ3v) is 3.41. The van der Waals surface area contributed by atoms with Gasteiger partial charge in [-0.25, -0.2) is 0 Å². The second-order valence-electron chi connectivity index (χ2n) is 4.94. The molecule has 104 valence electrons. The van der Waals surface area contributed by atoms with Gasteiger partial charge in [-0.1, -0.05) is 30.3 Å². The molecule has 0 saturated carbocycles. The molecule has 0 amide bonds. The molecule has 0 radical (unpaired) electrons. The highest BCUT2D eigenvalue weighted by atomic mass is 16.5. The summed E-state index contributed by atoms with van der Waals surface area (Å²) in [6.07, 6.45) is 1.64. The van der Waals surface area contributed by atoms with Crippen molar-refractivity contribution in [2.45, 2.75) is 31.9 Å². The van der Waals surface area contributed by atoms with Crippen molar-refractivity contribution in [3.8, 4) is 0 Å². The van der Waals surface area contributed by atoms with Crippen LogP contribution in [0.3, 0.4) is 0 Å².